The molecule has 2 N–H and O–H groups in total. The van der Waals surface area contributed by atoms with Gasteiger partial charge in [0.2, 0.25) is 0 Å². The van der Waals surface area contributed by atoms with E-state index in [1.807, 2.05) is 0 Å². The second kappa shape index (κ2) is 6.87. The molecular weight excluding hydrogens is 272 g/mol. The number of alkyl halides is 2. The van der Waals surface area contributed by atoms with Crippen LogP contribution in [0.15, 0.2) is 54.6 Å². The minimum absolute atomic E-state index is 0.0736. The van der Waals surface area contributed by atoms with Crippen molar-refractivity contribution in [3.63, 3.8) is 0 Å². The van der Waals surface area contributed by atoms with Crippen LogP contribution in [-0.4, -0.2) is 13.2 Å². The second-order valence-corrected chi connectivity index (χ2v) is 4.36. The normalized spacial score (nSPS) is 10.6. The lowest BCUT2D eigenvalue weighted by molar-refractivity contribution is -0.0467. The predicted molar refractivity (Wildman–Crippen MR) is 78.2 cm³/mol. The van der Waals surface area contributed by atoms with Gasteiger partial charge in [-0.25, -0.2) is 0 Å². The Morgan fingerprint density at radius 1 is 1.00 bits per heavy atom. The molecule has 2 nitrogen and oxygen atoms in total. The lowest BCUT2D eigenvalue weighted by atomic mass is 10.1. The lowest BCUT2D eigenvalue weighted by Crippen LogP contribution is -2.23. The predicted octanol–water partition coefficient (Wildman–Crippen LogP) is 3.17. The number of rotatable bonds is 4. The molecule has 108 valence electrons. The molecule has 0 aliphatic heterocycles. The summed E-state index contributed by atoms with van der Waals surface area (Å²) in [6.07, 6.45) is 0. The average molecular weight is 287 g/mol. The van der Waals surface area contributed by atoms with Crippen molar-refractivity contribution in [3.05, 3.63) is 65.7 Å². The Kier molecular flexibility index (Phi) is 4.91. The monoisotopic (exact) mass is 287 g/mol. The zero-order valence-corrected chi connectivity index (χ0v) is 11.4. The van der Waals surface area contributed by atoms with Crippen molar-refractivity contribution < 1.29 is 13.5 Å². The summed E-state index contributed by atoms with van der Waals surface area (Å²) >= 11 is 0. The van der Waals surface area contributed by atoms with Crippen molar-refractivity contribution in [2.24, 2.45) is 5.73 Å². The molecule has 0 saturated carbocycles. The highest BCUT2D eigenvalue weighted by Crippen LogP contribution is 2.29. The average Bonchev–Trinajstić information content (AvgIpc) is 2.52. The summed E-state index contributed by atoms with van der Waals surface area (Å²) < 4.78 is 33.3. The van der Waals surface area contributed by atoms with Crippen LogP contribution in [0.3, 0.4) is 0 Å². The van der Waals surface area contributed by atoms with Gasteiger partial charge in [0.25, 0.3) is 0 Å². The molecule has 2 aromatic rings. The fourth-order valence-corrected chi connectivity index (χ4v) is 1.78. The van der Waals surface area contributed by atoms with Crippen LogP contribution in [0.1, 0.15) is 11.1 Å². The maximum Gasteiger partial charge on any atom is 0.306 e. The van der Waals surface area contributed by atoms with Crippen molar-refractivity contribution in [3.8, 4) is 17.6 Å². The van der Waals surface area contributed by atoms with E-state index >= 15 is 0 Å². The van der Waals surface area contributed by atoms with Crippen LogP contribution in [0.5, 0.6) is 5.75 Å². The van der Waals surface area contributed by atoms with E-state index in [1.165, 1.54) is 12.1 Å². The minimum Gasteiger partial charge on any atom is -0.486 e. The summed E-state index contributed by atoms with van der Waals surface area (Å²) in [7, 11) is 0. The van der Waals surface area contributed by atoms with Gasteiger partial charge in [0.1, 0.15) is 5.75 Å². The molecule has 0 heterocycles. The molecule has 0 amide bonds. The summed E-state index contributed by atoms with van der Waals surface area (Å²) in [5, 5.41) is 0. The SMILES string of the molecule is NCC#Cc1ccccc1OCC(F)(F)c1ccccc1. The first-order valence-electron chi connectivity index (χ1n) is 6.47. The van der Waals surface area contributed by atoms with E-state index in [-0.39, 0.29) is 12.1 Å². The Hall–Kier alpha value is -2.38. The van der Waals surface area contributed by atoms with Gasteiger partial charge in [0.15, 0.2) is 6.61 Å². The van der Waals surface area contributed by atoms with Gasteiger partial charge in [-0.15, -0.1) is 0 Å². The van der Waals surface area contributed by atoms with Gasteiger partial charge in [-0.3, -0.25) is 0 Å². The van der Waals surface area contributed by atoms with Crippen LogP contribution in [-0.2, 0) is 5.92 Å². The maximum absolute atomic E-state index is 14.0. The summed E-state index contributed by atoms with van der Waals surface area (Å²) in [5.41, 5.74) is 5.79. The molecule has 0 bridgehead atoms. The van der Waals surface area contributed by atoms with Crippen molar-refractivity contribution in [1.29, 1.82) is 0 Å². The fourth-order valence-electron chi connectivity index (χ4n) is 1.78. The zero-order chi connectivity index (χ0) is 15.1. The fraction of sp³-hybridized carbons (Fsp3) is 0.176. The van der Waals surface area contributed by atoms with Gasteiger partial charge in [0.05, 0.1) is 12.1 Å². The quantitative estimate of drug-likeness (QED) is 0.877. The zero-order valence-electron chi connectivity index (χ0n) is 11.4. The highest BCUT2D eigenvalue weighted by molar-refractivity contribution is 5.46. The molecule has 0 fully saturated rings. The molecular formula is C17H15F2NO. The third-order valence-corrected chi connectivity index (χ3v) is 2.82. The number of hydrogen-bond donors (Lipinski definition) is 1. The van der Waals surface area contributed by atoms with Crippen LogP contribution >= 0.6 is 0 Å². The Balaban J connectivity index is 2.13. The van der Waals surface area contributed by atoms with Gasteiger partial charge in [-0.05, 0) is 12.1 Å². The van der Waals surface area contributed by atoms with E-state index < -0.39 is 12.5 Å². The summed E-state index contributed by atoms with van der Waals surface area (Å²) in [5.74, 6) is 2.76. The number of halogens is 2. The molecule has 0 aromatic heterocycles. The Labute approximate surface area is 122 Å². The number of para-hydroxylation sites is 1. The maximum atomic E-state index is 14.0. The summed E-state index contributed by atoms with van der Waals surface area (Å²) in [4.78, 5) is 0. The third kappa shape index (κ3) is 4.04. The molecule has 0 saturated heterocycles. The highest BCUT2D eigenvalue weighted by atomic mass is 19.3. The van der Waals surface area contributed by atoms with E-state index in [0.717, 1.165) is 0 Å². The molecule has 0 radical (unpaired) electrons. The molecule has 0 spiro atoms. The smallest absolute Gasteiger partial charge is 0.306 e. The lowest BCUT2D eigenvalue weighted by Gasteiger charge is -2.18. The Morgan fingerprint density at radius 2 is 1.67 bits per heavy atom. The van der Waals surface area contributed by atoms with E-state index in [0.29, 0.717) is 11.3 Å². The standard InChI is InChI=1S/C17H15F2NO/c18-17(19,15-9-2-1-3-10-15)13-21-16-11-5-4-7-14(16)8-6-12-20/h1-5,7,9-11H,12-13,20H2. The minimum atomic E-state index is -3.06. The Morgan fingerprint density at radius 3 is 2.38 bits per heavy atom. The number of hydrogen-bond acceptors (Lipinski definition) is 2. The number of benzene rings is 2. The molecule has 2 aromatic carbocycles. The molecule has 21 heavy (non-hydrogen) atoms. The van der Waals surface area contributed by atoms with E-state index in [9.17, 15) is 8.78 Å². The van der Waals surface area contributed by atoms with Gasteiger partial charge >= 0.3 is 5.92 Å². The molecule has 4 heteroatoms. The largest absolute Gasteiger partial charge is 0.486 e. The van der Waals surface area contributed by atoms with Crippen LogP contribution < -0.4 is 10.5 Å². The molecule has 0 unspecified atom stereocenters. The third-order valence-electron chi connectivity index (χ3n) is 2.82. The van der Waals surface area contributed by atoms with E-state index in [4.69, 9.17) is 10.5 Å². The van der Waals surface area contributed by atoms with Crippen LogP contribution in [0.4, 0.5) is 8.78 Å². The van der Waals surface area contributed by atoms with E-state index in [2.05, 4.69) is 11.8 Å². The van der Waals surface area contributed by atoms with Crippen LogP contribution in [0, 0.1) is 11.8 Å². The van der Waals surface area contributed by atoms with Crippen molar-refractivity contribution in [1.82, 2.24) is 0 Å². The number of ether oxygens (including phenoxy) is 1. The van der Waals surface area contributed by atoms with Gasteiger partial charge in [0, 0.05) is 5.56 Å². The van der Waals surface area contributed by atoms with Crippen LogP contribution in [0.25, 0.3) is 0 Å². The van der Waals surface area contributed by atoms with E-state index in [1.54, 1.807) is 42.5 Å². The van der Waals surface area contributed by atoms with Gasteiger partial charge < -0.3 is 10.5 Å². The molecule has 2 rings (SSSR count). The summed E-state index contributed by atoms with van der Waals surface area (Å²) in [6, 6.07) is 14.4. The van der Waals surface area contributed by atoms with Gasteiger partial charge in [-0.2, -0.15) is 8.78 Å². The molecule has 0 aliphatic carbocycles. The van der Waals surface area contributed by atoms with Crippen molar-refractivity contribution in [2.75, 3.05) is 13.2 Å². The first-order valence-corrected chi connectivity index (χ1v) is 6.47. The highest BCUT2D eigenvalue weighted by Gasteiger charge is 2.32. The molecule has 0 atom stereocenters. The topological polar surface area (TPSA) is 35.2 Å². The molecule has 0 aliphatic rings. The first-order chi connectivity index (χ1) is 10.1. The first kappa shape index (κ1) is 15.0. The van der Waals surface area contributed by atoms with Crippen molar-refractivity contribution in [2.45, 2.75) is 5.92 Å². The number of nitrogens with two attached hydrogens (primary N) is 1. The van der Waals surface area contributed by atoms with Gasteiger partial charge in [-0.1, -0.05) is 54.3 Å². The second-order valence-electron chi connectivity index (χ2n) is 4.36. The Bertz CT molecular complexity index is 645. The van der Waals surface area contributed by atoms with Crippen LogP contribution in [0.2, 0.25) is 0 Å². The van der Waals surface area contributed by atoms with Crippen molar-refractivity contribution >= 4 is 0 Å². The summed E-state index contributed by atoms with van der Waals surface area (Å²) in [6.45, 7) is -0.535.